The van der Waals surface area contributed by atoms with Gasteiger partial charge in [0.25, 0.3) is 0 Å². The van der Waals surface area contributed by atoms with Crippen LogP contribution in [0.25, 0.3) is 0 Å². The summed E-state index contributed by atoms with van der Waals surface area (Å²) in [6.07, 6.45) is 2.84. The first-order valence-electron chi connectivity index (χ1n) is 8.28. The molecule has 0 aliphatic rings. The second kappa shape index (κ2) is 11.6. The van der Waals surface area contributed by atoms with E-state index in [1.807, 2.05) is 0 Å². The van der Waals surface area contributed by atoms with Crippen molar-refractivity contribution in [3.63, 3.8) is 0 Å². The number of nitrogens with two attached hydrogens (primary N) is 1. The van der Waals surface area contributed by atoms with Gasteiger partial charge >= 0.3 is 5.97 Å². The van der Waals surface area contributed by atoms with Gasteiger partial charge in [-0.25, -0.2) is 9.78 Å². The molecule has 156 valence electrons. The van der Waals surface area contributed by atoms with Crippen molar-refractivity contribution >= 4 is 48.9 Å². The van der Waals surface area contributed by atoms with Crippen molar-refractivity contribution in [2.24, 2.45) is 5.73 Å². The van der Waals surface area contributed by atoms with Crippen LogP contribution in [0.4, 0.5) is 0 Å². The van der Waals surface area contributed by atoms with Crippen LogP contribution in [0.2, 0.25) is 0 Å². The van der Waals surface area contributed by atoms with Crippen LogP contribution < -0.4 is 21.7 Å². The molecule has 4 atom stereocenters. The van der Waals surface area contributed by atoms with Crippen molar-refractivity contribution in [2.45, 2.75) is 37.5 Å². The first-order valence-corrected chi connectivity index (χ1v) is 9.54. The largest absolute Gasteiger partial charge is 0.480 e. The molecule has 4 unspecified atom stereocenters. The predicted octanol–water partition coefficient (Wildman–Crippen LogP) is -2.30. The molecule has 1 aromatic heterocycles. The molecular weight excluding hydrogens is 408 g/mol. The molecule has 28 heavy (non-hydrogen) atoms. The molecule has 3 amide bonds. The number of thiol groups is 2. The molecule has 0 radical (unpaired) electrons. The summed E-state index contributed by atoms with van der Waals surface area (Å²) in [6.45, 7) is 1.39. The zero-order valence-corrected chi connectivity index (χ0v) is 16.9. The summed E-state index contributed by atoms with van der Waals surface area (Å²) < 4.78 is 0. The second-order valence-corrected chi connectivity index (χ2v) is 6.67. The van der Waals surface area contributed by atoms with E-state index < -0.39 is 47.9 Å². The molecule has 0 aromatic carbocycles. The van der Waals surface area contributed by atoms with E-state index in [1.54, 1.807) is 0 Å². The summed E-state index contributed by atoms with van der Waals surface area (Å²) in [7, 11) is 0. The molecule has 13 heteroatoms. The van der Waals surface area contributed by atoms with Crippen molar-refractivity contribution < 1.29 is 24.3 Å². The SMILES string of the molecule is CC(NC(=O)C(CS)NC(=O)C(N)CS)C(=O)NC(Cc1cnc[nH]1)C(=O)O. The van der Waals surface area contributed by atoms with E-state index in [0.29, 0.717) is 5.69 Å². The van der Waals surface area contributed by atoms with Gasteiger partial charge in [-0.1, -0.05) is 0 Å². The van der Waals surface area contributed by atoms with Crippen molar-refractivity contribution in [3.05, 3.63) is 18.2 Å². The van der Waals surface area contributed by atoms with Gasteiger partial charge in [0.05, 0.1) is 12.4 Å². The minimum atomic E-state index is -1.23. The molecular formula is C15H24N6O5S2. The third kappa shape index (κ3) is 7.40. The standard InChI is InChI=1S/C15H24N6O5S2/c1-7(19-14(24)11(5-28)21-13(23)9(16)4-27)12(22)20-10(15(25)26)2-8-3-17-6-18-8/h3,6-7,9-11,27-28H,2,4-5,16H2,1H3,(H,17,18)(H,19,24)(H,20,22)(H,21,23)(H,25,26). The van der Waals surface area contributed by atoms with E-state index in [2.05, 4.69) is 51.2 Å². The van der Waals surface area contributed by atoms with Gasteiger partial charge in [-0.2, -0.15) is 25.3 Å². The second-order valence-electron chi connectivity index (χ2n) is 5.94. The first kappa shape index (κ1) is 23.8. The lowest BCUT2D eigenvalue weighted by Gasteiger charge is -2.22. The van der Waals surface area contributed by atoms with Gasteiger partial charge in [-0.05, 0) is 6.92 Å². The van der Waals surface area contributed by atoms with Crippen LogP contribution in [-0.4, -0.2) is 74.4 Å². The van der Waals surface area contributed by atoms with Crippen LogP contribution in [0.5, 0.6) is 0 Å². The average molecular weight is 433 g/mol. The van der Waals surface area contributed by atoms with Crippen molar-refractivity contribution in [3.8, 4) is 0 Å². The predicted molar refractivity (Wildman–Crippen MR) is 107 cm³/mol. The number of carbonyl (C=O) groups excluding carboxylic acids is 3. The molecule has 0 bridgehead atoms. The molecule has 0 fully saturated rings. The lowest BCUT2D eigenvalue weighted by molar-refractivity contribution is -0.142. The maximum Gasteiger partial charge on any atom is 0.326 e. The Morgan fingerprint density at radius 2 is 1.75 bits per heavy atom. The number of amides is 3. The summed E-state index contributed by atoms with van der Waals surface area (Å²) in [5, 5.41) is 16.4. The highest BCUT2D eigenvalue weighted by molar-refractivity contribution is 7.80. The molecule has 0 aliphatic carbocycles. The Morgan fingerprint density at radius 3 is 2.25 bits per heavy atom. The number of H-pyrrole nitrogens is 1. The monoisotopic (exact) mass is 432 g/mol. The Bertz CT molecular complexity index is 686. The normalized spacial score (nSPS) is 15.0. The number of aromatic amines is 1. The number of hydrogen-bond acceptors (Lipinski definition) is 8. The average Bonchev–Trinajstić information content (AvgIpc) is 3.17. The van der Waals surface area contributed by atoms with Gasteiger partial charge in [0, 0.05) is 29.8 Å². The fourth-order valence-electron chi connectivity index (χ4n) is 2.05. The van der Waals surface area contributed by atoms with E-state index in [9.17, 15) is 24.3 Å². The molecule has 1 aromatic rings. The first-order chi connectivity index (χ1) is 13.2. The van der Waals surface area contributed by atoms with Crippen LogP contribution in [0.3, 0.4) is 0 Å². The van der Waals surface area contributed by atoms with E-state index >= 15 is 0 Å². The highest BCUT2D eigenvalue weighted by Crippen LogP contribution is 2.00. The van der Waals surface area contributed by atoms with Gasteiger partial charge < -0.3 is 31.8 Å². The number of carboxylic acids is 1. The summed E-state index contributed by atoms with van der Waals surface area (Å²) in [6, 6.07) is -4.16. The Labute approximate surface area is 172 Å². The minimum absolute atomic E-state index is 0.00131. The van der Waals surface area contributed by atoms with Crippen molar-refractivity contribution in [1.29, 1.82) is 0 Å². The fourth-order valence-corrected chi connectivity index (χ4v) is 2.47. The number of imidazole rings is 1. The number of rotatable bonds is 11. The van der Waals surface area contributed by atoms with E-state index in [0.717, 1.165) is 0 Å². The smallest absolute Gasteiger partial charge is 0.326 e. The van der Waals surface area contributed by atoms with Gasteiger partial charge in [-0.3, -0.25) is 14.4 Å². The van der Waals surface area contributed by atoms with E-state index in [1.165, 1.54) is 19.4 Å². The molecule has 0 spiro atoms. The number of nitrogens with zero attached hydrogens (tertiary/aromatic N) is 1. The van der Waals surface area contributed by atoms with Gasteiger partial charge in [0.2, 0.25) is 17.7 Å². The Kier molecular flexibility index (Phi) is 9.82. The number of aromatic nitrogens is 2. The summed E-state index contributed by atoms with van der Waals surface area (Å²) in [5.41, 5.74) is 6.07. The molecule has 1 rings (SSSR count). The number of carboxylic acid groups (broad SMARTS) is 1. The number of aliphatic carboxylic acids is 1. The zero-order chi connectivity index (χ0) is 21.3. The van der Waals surface area contributed by atoms with E-state index in [-0.39, 0.29) is 17.9 Å². The minimum Gasteiger partial charge on any atom is -0.480 e. The molecule has 0 saturated heterocycles. The van der Waals surface area contributed by atoms with E-state index in [4.69, 9.17) is 5.73 Å². The Balaban J connectivity index is 2.64. The summed E-state index contributed by atoms with van der Waals surface area (Å²) in [4.78, 5) is 54.2. The summed E-state index contributed by atoms with van der Waals surface area (Å²) >= 11 is 7.92. The summed E-state index contributed by atoms with van der Waals surface area (Å²) in [5.74, 6) is -3.09. The fraction of sp³-hybridized carbons (Fsp3) is 0.533. The van der Waals surface area contributed by atoms with Crippen LogP contribution in [0.15, 0.2) is 12.5 Å². The zero-order valence-electron chi connectivity index (χ0n) is 15.1. The molecule has 0 aliphatic heterocycles. The maximum absolute atomic E-state index is 12.3. The molecule has 11 nitrogen and oxygen atoms in total. The highest BCUT2D eigenvalue weighted by atomic mass is 32.1. The molecule has 1 heterocycles. The molecule has 7 N–H and O–H groups in total. The van der Waals surface area contributed by atoms with Gasteiger partial charge in [0.1, 0.15) is 18.1 Å². The van der Waals surface area contributed by atoms with Crippen molar-refractivity contribution in [1.82, 2.24) is 25.9 Å². The van der Waals surface area contributed by atoms with Gasteiger partial charge in [-0.15, -0.1) is 0 Å². The van der Waals surface area contributed by atoms with Crippen LogP contribution >= 0.6 is 25.3 Å². The van der Waals surface area contributed by atoms with Gasteiger partial charge in [0.15, 0.2) is 0 Å². The number of hydrogen-bond donors (Lipinski definition) is 8. The Morgan fingerprint density at radius 1 is 1.11 bits per heavy atom. The Hall–Kier alpha value is -2.25. The quantitative estimate of drug-likeness (QED) is 0.181. The van der Waals surface area contributed by atoms with Crippen LogP contribution in [0.1, 0.15) is 12.6 Å². The van der Waals surface area contributed by atoms with Crippen molar-refractivity contribution in [2.75, 3.05) is 11.5 Å². The number of nitrogens with one attached hydrogen (secondary N) is 4. The third-order valence-electron chi connectivity index (χ3n) is 3.69. The van der Waals surface area contributed by atoms with Crippen LogP contribution in [-0.2, 0) is 25.6 Å². The topological polar surface area (TPSA) is 179 Å². The van der Waals surface area contributed by atoms with Crippen LogP contribution in [0, 0.1) is 0 Å². The lowest BCUT2D eigenvalue weighted by atomic mass is 10.1. The lowest BCUT2D eigenvalue weighted by Crippen LogP contribution is -2.57. The third-order valence-corrected chi connectivity index (χ3v) is 4.45. The molecule has 0 saturated carbocycles. The number of carbonyl (C=O) groups is 4. The highest BCUT2D eigenvalue weighted by Gasteiger charge is 2.27. The maximum atomic E-state index is 12.3.